The molecule has 0 amide bonds. The molecule has 2 nitrogen and oxygen atoms in total. The van der Waals surface area contributed by atoms with E-state index in [2.05, 4.69) is 12.5 Å². The minimum Gasteiger partial charge on any atom is -0.550 e. The largest absolute Gasteiger partial charge is 0.550 e. The molecule has 52 valence electrons. The van der Waals surface area contributed by atoms with Crippen molar-refractivity contribution in [1.29, 1.82) is 0 Å². The first-order valence-corrected chi connectivity index (χ1v) is 5.00. The minimum absolute atomic E-state index is 0.122. The van der Waals surface area contributed by atoms with Gasteiger partial charge in [0.15, 0.2) is 0 Å². The molecule has 0 bridgehead atoms. The summed E-state index contributed by atoms with van der Waals surface area (Å²) in [5.41, 5.74) is 0. The van der Waals surface area contributed by atoms with Crippen molar-refractivity contribution in [1.82, 2.24) is 0 Å². The summed E-state index contributed by atoms with van der Waals surface area (Å²) >= 11 is 0. The van der Waals surface area contributed by atoms with E-state index >= 15 is 0 Å². The molecule has 3 heteroatoms. The lowest BCUT2D eigenvalue weighted by atomic mass is 10.4. The average Bonchev–Trinajstić information content (AvgIpc) is 2.39. The predicted octanol–water partition coefficient (Wildman–Crippen LogP) is -0.997. The summed E-state index contributed by atoms with van der Waals surface area (Å²) < 4.78 is 0. The monoisotopic (exact) mass is 146 g/mol. The van der Waals surface area contributed by atoms with Crippen molar-refractivity contribution < 1.29 is 9.90 Å². The molecular weight excluding hydrogens is 136 g/mol. The Balaban J connectivity index is 2.33. The molecule has 1 rings (SSSR count). The van der Waals surface area contributed by atoms with Gasteiger partial charge in [-0.1, -0.05) is 0 Å². The Morgan fingerprint density at radius 2 is 2.22 bits per heavy atom. The molecule has 1 saturated carbocycles. The fraction of sp³-hybridized carbons (Fsp3) is 0.833. The second-order valence-corrected chi connectivity index (χ2v) is 4.94. The number of carboxylic acids is 1. The van der Waals surface area contributed by atoms with Crippen LogP contribution in [-0.4, -0.2) is 23.7 Å². The molecule has 1 fully saturated rings. The molecule has 0 aliphatic heterocycles. The molecule has 0 N–H and O–H groups in total. The highest BCUT2D eigenvalue weighted by Crippen LogP contribution is 2.36. The van der Waals surface area contributed by atoms with Gasteiger partial charge in [-0.2, -0.15) is 0 Å². The van der Waals surface area contributed by atoms with Crippen molar-refractivity contribution >= 4 is 16.9 Å². The summed E-state index contributed by atoms with van der Waals surface area (Å²) in [6.45, 7) is 0. The number of carbonyl (C=O) groups excluding carboxylic acids is 1. The van der Waals surface area contributed by atoms with Crippen LogP contribution in [0, 0.1) is 5.92 Å². The zero-order valence-corrected chi connectivity index (χ0v) is 6.40. The van der Waals surface area contributed by atoms with Crippen LogP contribution >= 0.6 is 0 Å². The Morgan fingerprint density at radius 3 is 2.33 bits per heavy atom. The summed E-state index contributed by atoms with van der Waals surface area (Å²) in [4.78, 5) is 10.2. The van der Waals surface area contributed by atoms with Gasteiger partial charge in [0.2, 0.25) is 0 Å². The molecule has 0 heterocycles. The lowest BCUT2D eigenvalue weighted by Crippen LogP contribution is -2.26. The lowest BCUT2D eigenvalue weighted by molar-refractivity contribution is -0.307. The lowest BCUT2D eigenvalue weighted by Gasteiger charge is -1.96. The van der Waals surface area contributed by atoms with Crippen LogP contribution in [-0.2, 0) is 15.7 Å². The standard InChI is InChI=1S/C6H10O2S/c1-9(2)5-3-4(5)6(7)8/h4-5H,3H2,1-2H3/t4-,5+/m1/s1. The van der Waals surface area contributed by atoms with Crippen LogP contribution in [0.5, 0.6) is 0 Å². The van der Waals surface area contributed by atoms with E-state index in [0.717, 1.165) is 6.42 Å². The maximum absolute atomic E-state index is 10.2. The maximum Gasteiger partial charge on any atom is 0.126 e. The van der Waals surface area contributed by atoms with Crippen LogP contribution in [0.2, 0.25) is 0 Å². The third-order valence-electron chi connectivity index (χ3n) is 1.64. The maximum atomic E-state index is 10.2. The Morgan fingerprint density at radius 1 is 1.67 bits per heavy atom. The van der Waals surface area contributed by atoms with E-state index in [0.29, 0.717) is 5.25 Å². The molecule has 0 aromatic rings. The summed E-state index contributed by atoms with van der Waals surface area (Å²) in [6.07, 6.45) is 5.00. The van der Waals surface area contributed by atoms with E-state index in [1.54, 1.807) is 0 Å². The van der Waals surface area contributed by atoms with Crippen molar-refractivity contribution in [2.75, 3.05) is 12.5 Å². The van der Waals surface area contributed by atoms with E-state index in [4.69, 9.17) is 0 Å². The number of hydrogen-bond acceptors (Lipinski definition) is 2. The summed E-state index contributed by atoms with van der Waals surface area (Å²) in [7, 11) is 0.272. The number of hydrogen-bond donors (Lipinski definition) is 0. The van der Waals surface area contributed by atoms with E-state index in [1.807, 2.05) is 0 Å². The van der Waals surface area contributed by atoms with Crippen LogP contribution in [0.15, 0.2) is 0 Å². The fourth-order valence-electron chi connectivity index (χ4n) is 0.941. The molecular formula is C6H10O2S. The SMILES string of the molecule is C[S+](C)[C@H]1C[C@H]1C(=O)[O-]. The van der Waals surface area contributed by atoms with Gasteiger partial charge in [-0.15, -0.1) is 0 Å². The van der Waals surface area contributed by atoms with Crippen LogP contribution in [0.1, 0.15) is 6.42 Å². The molecule has 2 atom stereocenters. The highest BCUT2D eigenvalue weighted by molar-refractivity contribution is 7.96. The predicted molar refractivity (Wildman–Crippen MR) is 36.1 cm³/mol. The summed E-state index contributed by atoms with van der Waals surface area (Å²) in [5.74, 6) is -0.982. The van der Waals surface area contributed by atoms with Gasteiger partial charge in [-0.05, 0) is 10.9 Å². The normalized spacial score (nSPS) is 32.8. The Bertz CT molecular complexity index is 133. The Kier molecular flexibility index (Phi) is 1.70. The van der Waals surface area contributed by atoms with Gasteiger partial charge in [0.05, 0.1) is 18.4 Å². The van der Waals surface area contributed by atoms with Gasteiger partial charge >= 0.3 is 0 Å². The first-order valence-electron chi connectivity index (χ1n) is 2.90. The number of carboxylic acid groups (broad SMARTS) is 1. The van der Waals surface area contributed by atoms with Crippen molar-refractivity contribution in [2.45, 2.75) is 11.7 Å². The van der Waals surface area contributed by atoms with Crippen molar-refractivity contribution in [3.05, 3.63) is 0 Å². The summed E-state index contributed by atoms with van der Waals surface area (Å²) in [6, 6.07) is 0. The van der Waals surface area contributed by atoms with E-state index < -0.39 is 5.97 Å². The Labute approximate surface area is 57.6 Å². The molecule has 1 aliphatic rings. The third kappa shape index (κ3) is 1.39. The molecule has 0 radical (unpaired) electrons. The second kappa shape index (κ2) is 2.21. The zero-order valence-electron chi connectivity index (χ0n) is 5.59. The van der Waals surface area contributed by atoms with Crippen LogP contribution in [0.3, 0.4) is 0 Å². The van der Waals surface area contributed by atoms with Gasteiger partial charge in [-0.25, -0.2) is 0 Å². The zero-order chi connectivity index (χ0) is 7.02. The average molecular weight is 146 g/mol. The van der Waals surface area contributed by atoms with Gasteiger partial charge in [0.1, 0.15) is 5.25 Å². The smallest absolute Gasteiger partial charge is 0.126 e. The minimum atomic E-state index is -0.860. The molecule has 0 aromatic carbocycles. The van der Waals surface area contributed by atoms with Crippen LogP contribution in [0.4, 0.5) is 0 Å². The van der Waals surface area contributed by atoms with Gasteiger partial charge in [0, 0.05) is 12.4 Å². The Hall–Kier alpha value is -0.180. The van der Waals surface area contributed by atoms with Crippen LogP contribution < -0.4 is 5.11 Å². The molecule has 0 spiro atoms. The fourth-order valence-corrected chi connectivity index (χ4v) is 2.30. The number of aliphatic carboxylic acids is 1. The van der Waals surface area contributed by atoms with Gasteiger partial charge < -0.3 is 9.90 Å². The third-order valence-corrected chi connectivity index (χ3v) is 3.37. The molecule has 0 aromatic heterocycles. The highest BCUT2D eigenvalue weighted by atomic mass is 32.2. The van der Waals surface area contributed by atoms with Crippen molar-refractivity contribution in [2.24, 2.45) is 5.92 Å². The number of rotatable bonds is 2. The first-order chi connectivity index (χ1) is 4.13. The molecule has 0 saturated heterocycles. The van der Waals surface area contributed by atoms with E-state index in [1.165, 1.54) is 0 Å². The summed E-state index contributed by atoms with van der Waals surface area (Å²) in [5, 5.41) is 10.6. The second-order valence-electron chi connectivity index (χ2n) is 2.58. The molecule has 1 aliphatic carbocycles. The first kappa shape index (κ1) is 6.93. The number of carbonyl (C=O) groups is 1. The van der Waals surface area contributed by atoms with E-state index in [-0.39, 0.29) is 16.8 Å². The topological polar surface area (TPSA) is 40.1 Å². The molecule has 9 heavy (non-hydrogen) atoms. The van der Waals surface area contributed by atoms with Gasteiger partial charge in [-0.3, -0.25) is 0 Å². The molecule has 0 unspecified atom stereocenters. The highest BCUT2D eigenvalue weighted by Gasteiger charge is 2.47. The quantitative estimate of drug-likeness (QED) is 0.469. The van der Waals surface area contributed by atoms with Gasteiger partial charge in [0.25, 0.3) is 0 Å². The van der Waals surface area contributed by atoms with Crippen molar-refractivity contribution in [3.8, 4) is 0 Å². The van der Waals surface area contributed by atoms with Crippen molar-refractivity contribution in [3.63, 3.8) is 0 Å². The van der Waals surface area contributed by atoms with E-state index in [9.17, 15) is 9.90 Å². The van der Waals surface area contributed by atoms with Crippen LogP contribution in [0.25, 0.3) is 0 Å².